The first kappa shape index (κ1) is 9.52. The summed E-state index contributed by atoms with van der Waals surface area (Å²) < 4.78 is 0. The minimum Gasteiger partial charge on any atom is -0.355 e. The topological polar surface area (TPSA) is 41.1 Å². The number of hydrogen-bond acceptors (Lipinski definition) is 2. The highest BCUT2D eigenvalue weighted by Crippen LogP contribution is 2.32. The first-order valence-electron chi connectivity index (χ1n) is 4.78. The number of carbonyl (C=O) groups excluding carboxylic acids is 1. The lowest BCUT2D eigenvalue weighted by Gasteiger charge is -2.03. The molecule has 1 saturated carbocycles. The second-order valence-electron chi connectivity index (χ2n) is 3.34. The molecule has 0 spiro atoms. The molecule has 1 aliphatic rings. The average Bonchev–Trinajstić information content (AvgIpc) is 2.80. The minimum atomic E-state index is 0.110. The highest BCUT2D eigenvalue weighted by molar-refractivity contribution is 5.77. The van der Waals surface area contributed by atoms with Gasteiger partial charge in [-0.15, -0.1) is 0 Å². The molecule has 70 valence electrons. The molecule has 0 aromatic rings. The summed E-state index contributed by atoms with van der Waals surface area (Å²) in [7, 11) is 0. The van der Waals surface area contributed by atoms with Crippen LogP contribution >= 0.6 is 0 Å². The molecular formula is C9H18N2O. The Bertz CT molecular complexity index is 159. The Hall–Kier alpha value is -0.570. The van der Waals surface area contributed by atoms with Crippen LogP contribution in [-0.2, 0) is 4.79 Å². The van der Waals surface area contributed by atoms with E-state index in [1.807, 2.05) is 6.92 Å². The van der Waals surface area contributed by atoms with Crippen LogP contribution in [0.25, 0.3) is 0 Å². The molecule has 0 bridgehead atoms. The van der Waals surface area contributed by atoms with Crippen LogP contribution in [0, 0.1) is 5.92 Å². The van der Waals surface area contributed by atoms with Gasteiger partial charge < -0.3 is 10.6 Å². The monoisotopic (exact) mass is 170 g/mol. The molecule has 0 aliphatic heterocycles. The normalized spacial score (nSPS) is 26.8. The predicted molar refractivity (Wildman–Crippen MR) is 48.9 cm³/mol. The first-order chi connectivity index (χ1) is 5.77. The fourth-order valence-electron chi connectivity index (χ4n) is 1.43. The summed E-state index contributed by atoms with van der Waals surface area (Å²) in [4.78, 5) is 11.0. The second-order valence-corrected chi connectivity index (χ2v) is 3.34. The highest BCUT2D eigenvalue weighted by atomic mass is 16.1. The van der Waals surface area contributed by atoms with Crippen molar-refractivity contribution >= 4 is 5.91 Å². The summed E-state index contributed by atoms with van der Waals surface area (Å²) in [5.41, 5.74) is 0. The molecule has 1 amide bonds. The molecule has 2 unspecified atom stereocenters. The average molecular weight is 170 g/mol. The zero-order valence-corrected chi connectivity index (χ0v) is 7.89. The van der Waals surface area contributed by atoms with Gasteiger partial charge in [0, 0.05) is 12.6 Å². The molecule has 2 N–H and O–H groups in total. The summed E-state index contributed by atoms with van der Waals surface area (Å²) in [5, 5.41) is 5.99. The third-order valence-corrected chi connectivity index (χ3v) is 2.35. The number of likely N-dealkylation sites (N-methyl/N-ethyl adjacent to an activating group) is 1. The largest absolute Gasteiger partial charge is 0.355 e. The molecule has 0 heterocycles. The number of hydrogen-bond donors (Lipinski definition) is 2. The Morgan fingerprint density at radius 1 is 1.50 bits per heavy atom. The Morgan fingerprint density at radius 3 is 2.75 bits per heavy atom. The van der Waals surface area contributed by atoms with Crippen LogP contribution in [0.5, 0.6) is 0 Å². The summed E-state index contributed by atoms with van der Waals surface area (Å²) in [5.74, 6) is 0.929. The second kappa shape index (κ2) is 4.45. The third-order valence-electron chi connectivity index (χ3n) is 2.35. The minimum absolute atomic E-state index is 0.110. The van der Waals surface area contributed by atoms with Gasteiger partial charge in [0.05, 0.1) is 6.54 Å². The number of nitrogens with one attached hydrogen (secondary N) is 2. The fraction of sp³-hybridized carbons (Fsp3) is 0.889. The third kappa shape index (κ3) is 2.81. The molecule has 0 saturated heterocycles. The van der Waals surface area contributed by atoms with Crippen molar-refractivity contribution in [1.82, 2.24) is 10.6 Å². The molecule has 3 nitrogen and oxygen atoms in total. The van der Waals surface area contributed by atoms with Crippen LogP contribution in [0.4, 0.5) is 0 Å². The molecule has 0 radical (unpaired) electrons. The summed E-state index contributed by atoms with van der Waals surface area (Å²) in [6, 6.07) is 0.609. The van der Waals surface area contributed by atoms with Gasteiger partial charge in [0.15, 0.2) is 0 Å². The highest BCUT2D eigenvalue weighted by Gasteiger charge is 2.34. The van der Waals surface area contributed by atoms with Crippen molar-refractivity contribution < 1.29 is 4.79 Å². The lowest BCUT2D eigenvalue weighted by molar-refractivity contribution is -0.120. The van der Waals surface area contributed by atoms with Gasteiger partial charge in [0.2, 0.25) is 5.91 Å². The van der Waals surface area contributed by atoms with Crippen LogP contribution in [0.3, 0.4) is 0 Å². The summed E-state index contributed by atoms with van der Waals surface area (Å²) >= 11 is 0. The van der Waals surface area contributed by atoms with Crippen molar-refractivity contribution in [3.8, 4) is 0 Å². The summed E-state index contributed by atoms with van der Waals surface area (Å²) in [6.45, 7) is 5.33. The Kier molecular flexibility index (Phi) is 3.53. The maximum Gasteiger partial charge on any atom is 0.233 e. The van der Waals surface area contributed by atoms with E-state index in [0.717, 1.165) is 12.5 Å². The lowest BCUT2D eigenvalue weighted by atomic mass is 10.3. The number of amides is 1. The van der Waals surface area contributed by atoms with Crippen LogP contribution < -0.4 is 10.6 Å². The van der Waals surface area contributed by atoms with Crippen LogP contribution in [-0.4, -0.2) is 25.0 Å². The van der Waals surface area contributed by atoms with Crippen LogP contribution in [0.15, 0.2) is 0 Å². The van der Waals surface area contributed by atoms with E-state index >= 15 is 0 Å². The van der Waals surface area contributed by atoms with E-state index in [1.54, 1.807) is 0 Å². The molecule has 1 aliphatic carbocycles. The molecule has 1 rings (SSSR count). The predicted octanol–water partition coefficient (Wildman–Crippen LogP) is 0.511. The fourth-order valence-corrected chi connectivity index (χ4v) is 1.43. The van der Waals surface area contributed by atoms with E-state index in [1.165, 1.54) is 12.8 Å². The maximum absolute atomic E-state index is 11.0. The van der Waals surface area contributed by atoms with E-state index in [4.69, 9.17) is 0 Å². The van der Waals surface area contributed by atoms with Gasteiger partial charge in [-0.3, -0.25) is 4.79 Å². The van der Waals surface area contributed by atoms with Crippen molar-refractivity contribution in [3.05, 3.63) is 0 Å². The molecule has 12 heavy (non-hydrogen) atoms. The maximum atomic E-state index is 11.0. The van der Waals surface area contributed by atoms with Gasteiger partial charge in [-0.25, -0.2) is 0 Å². The number of carbonyl (C=O) groups is 1. The van der Waals surface area contributed by atoms with Gasteiger partial charge in [-0.1, -0.05) is 13.3 Å². The van der Waals surface area contributed by atoms with Gasteiger partial charge >= 0.3 is 0 Å². The van der Waals surface area contributed by atoms with E-state index in [0.29, 0.717) is 12.6 Å². The molecule has 2 atom stereocenters. The van der Waals surface area contributed by atoms with Gasteiger partial charge in [0.25, 0.3) is 0 Å². The Labute approximate surface area is 73.9 Å². The van der Waals surface area contributed by atoms with Crippen molar-refractivity contribution in [1.29, 1.82) is 0 Å². The Balaban J connectivity index is 1.99. The molecule has 1 fully saturated rings. The smallest absolute Gasteiger partial charge is 0.233 e. The van der Waals surface area contributed by atoms with Crippen LogP contribution in [0.2, 0.25) is 0 Å². The molecular weight excluding hydrogens is 152 g/mol. The molecule has 0 aromatic carbocycles. The quantitative estimate of drug-likeness (QED) is 0.631. The van der Waals surface area contributed by atoms with E-state index in [9.17, 15) is 4.79 Å². The van der Waals surface area contributed by atoms with E-state index in [2.05, 4.69) is 17.6 Å². The van der Waals surface area contributed by atoms with Gasteiger partial charge in [-0.05, 0) is 19.3 Å². The Morgan fingerprint density at radius 2 is 2.25 bits per heavy atom. The standard InChI is InChI=1S/C9H18N2O/c1-3-7-5-8(7)11-6-9(12)10-4-2/h7-8,11H,3-6H2,1-2H3,(H,10,12). The summed E-state index contributed by atoms with van der Waals surface area (Å²) in [6.07, 6.45) is 2.48. The van der Waals surface area contributed by atoms with E-state index in [-0.39, 0.29) is 5.91 Å². The van der Waals surface area contributed by atoms with Crippen LogP contribution in [0.1, 0.15) is 26.7 Å². The zero-order valence-electron chi connectivity index (χ0n) is 7.89. The zero-order chi connectivity index (χ0) is 8.97. The number of rotatable bonds is 5. The lowest BCUT2D eigenvalue weighted by Crippen LogP contribution is -2.35. The molecule has 0 aromatic heterocycles. The van der Waals surface area contributed by atoms with Crippen molar-refractivity contribution in [2.24, 2.45) is 5.92 Å². The van der Waals surface area contributed by atoms with Gasteiger partial charge in [-0.2, -0.15) is 0 Å². The van der Waals surface area contributed by atoms with Gasteiger partial charge in [0.1, 0.15) is 0 Å². The van der Waals surface area contributed by atoms with E-state index < -0.39 is 0 Å². The van der Waals surface area contributed by atoms with Crippen molar-refractivity contribution in [2.45, 2.75) is 32.7 Å². The molecule has 3 heteroatoms. The van der Waals surface area contributed by atoms with Crippen molar-refractivity contribution in [2.75, 3.05) is 13.1 Å². The first-order valence-corrected chi connectivity index (χ1v) is 4.78. The van der Waals surface area contributed by atoms with Crippen molar-refractivity contribution in [3.63, 3.8) is 0 Å². The SMILES string of the molecule is CCNC(=O)CNC1CC1CC.